The second-order valence-corrected chi connectivity index (χ2v) is 14.4. The SMILES string of the molecule is CO[C@]12C=C[C@](C)(O1)[C@@H](OC(=O)/C=C/c1cn(C)cn1)C[C@@H]1[C@H](/C=C\2COC2OCC(O)C(O)C2OC(C)=O)[C@@H](C(C)C)CC2OC21C. The summed E-state index contributed by atoms with van der Waals surface area (Å²) in [6, 6.07) is 0. The van der Waals surface area contributed by atoms with E-state index in [0.717, 1.165) is 6.42 Å². The lowest BCUT2D eigenvalue weighted by atomic mass is 9.61. The fourth-order valence-corrected chi connectivity index (χ4v) is 7.95. The zero-order valence-corrected chi connectivity index (χ0v) is 28.6. The van der Waals surface area contributed by atoms with Crippen LogP contribution in [0.25, 0.3) is 6.08 Å². The molecule has 2 N–H and O–H groups in total. The standard InChI is InChI=1S/C35H48N2O11/c1-19(2)23-13-28-34(5,47-28)25-14-27(46-29(40)9-8-22-15-37(6)18-36-22)33(4)10-11-35(42-7,48-33)21(12-24(23)25)16-43-32-31(45-20(3)38)30(41)26(39)17-44-32/h8-12,15,18-19,23-28,30-32,39,41H,13-14,16-17H2,1-7H3/b9-8+,21-12-/t23-,24-,25-,26?,27+,28?,30?,31?,32?,33+,34?,35-/m1/s1. The minimum Gasteiger partial charge on any atom is -0.456 e. The van der Waals surface area contributed by atoms with Gasteiger partial charge in [0, 0.05) is 44.8 Å². The number of hydrogen-bond acceptors (Lipinski definition) is 12. The third-order valence-electron chi connectivity index (χ3n) is 10.8. The van der Waals surface area contributed by atoms with Gasteiger partial charge in [0.15, 0.2) is 12.4 Å². The summed E-state index contributed by atoms with van der Waals surface area (Å²) in [5.41, 5.74) is -0.245. The molecule has 2 bridgehead atoms. The number of aryl methyl sites for hydroxylation is 1. The number of methoxy groups -OCH3 is 1. The monoisotopic (exact) mass is 672 g/mol. The molecular weight excluding hydrogens is 624 g/mol. The predicted octanol–water partition coefficient (Wildman–Crippen LogP) is 2.46. The van der Waals surface area contributed by atoms with Gasteiger partial charge in [-0.15, -0.1) is 0 Å². The highest BCUT2D eigenvalue weighted by Gasteiger charge is 2.66. The van der Waals surface area contributed by atoms with Crippen LogP contribution in [-0.2, 0) is 49.8 Å². The van der Waals surface area contributed by atoms with Crippen molar-refractivity contribution in [2.75, 3.05) is 20.3 Å². The number of nitrogens with zero attached hydrogens (tertiary/aromatic N) is 2. The summed E-state index contributed by atoms with van der Waals surface area (Å²) in [6.07, 6.45) is 7.94. The molecule has 4 aliphatic heterocycles. The number of aliphatic hydroxyl groups excluding tert-OH is 2. The van der Waals surface area contributed by atoms with E-state index < -0.39 is 59.6 Å². The highest BCUT2D eigenvalue weighted by Crippen LogP contribution is 2.60. The van der Waals surface area contributed by atoms with E-state index in [1.54, 1.807) is 23.2 Å². The maximum absolute atomic E-state index is 13.3. The van der Waals surface area contributed by atoms with Crippen LogP contribution >= 0.6 is 0 Å². The second kappa shape index (κ2) is 13.1. The van der Waals surface area contributed by atoms with Gasteiger partial charge in [0.1, 0.15) is 23.9 Å². The lowest BCUT2D eigenvalue weighted by Gasteiger charge is -2.42. The number of allylic oxidation sites excluding steroid dienone is 1. The number of esters is 2. The van der Waals surface area contributed by atoms with E-state index in [9.17, 15) is 19.8 Å². The molecule has 5 aliphatic rings. The highest BCUT2D eigenvalue weighted by atomic mass is 16.7. The molecular formula is C35H48N2O11. The van der Waals surface area contributed by atoms with Crippen LogP contribution in [0.1, 0.15) is 53.2 Å². The highest BCUT2D eigenvalue weighted by molar-refractivity contribution is 5.86. The number of imidazole rings is 1. The fraction of sp³-hybridized carbons (Fsp3) is 0.686. The Hall–Kier alpha value is -2.91. The van der Waals surface area contributed by atoms with Crippen molar-refractivity contribution in [2.45, 2.75) is 101 Å². The molecule has 48 heavy (non-hydrogen) atoms. The van der Waals surface area contributed by atoms with Gasteiger partial charge in [-0.1, -0.05) is 19.9 Å². The van der Waals surface area contributed by atoms with Crippen LogP contribution in [-0.4, -0.2) is 106 Å². The molecule has 0 aromatic carbocycles. The topological polar surface area (TPSA) is 160 Å². The van der Waals surface area contributed by atoms with Crippen LogP contribution in [0, 0.1) is 23.7 Å². The minimum absolute atomic E-state index is 0.0338. The molecule has 1 saturated carbocycles. The van der Waals surface area contributed by atoms with E-state index in [1.807, 2.05) is 26.1 Å². The molecule has 1 aliphatic carbocycles. The molecule has 13 heteroatoms. The molecule has 2 saturated heterocycles. The van der Waals surface area contributed by atoms with Crippen LogP contribution in [0.2, 0.25) is 0 Å². The third kappa shape index (κ3) is 6.53. The Bertz CT molecular complexity index is 1470. The Balaban J connectivity index is 1.35. The van der Waals surface area contributed by atoms with Gasteiger partial charge in [-0.3, -0.25) is 4.79 Å². The Labute approximate surface area is 280 Å². The van der Waals surface area contributed by atoms with Crippen LogP contribution < -0.4 is 0 Å². The van der Waals surface area contributed by atoms with Crippen molar-refractivity contribution < 1.29 is 53.0 Å². The van der Waals surface area contributed by atoms with Gasteiger partial charge in [0.2, 0.25) is 5.79 Å². The Morgan fingerprint density at radius 2 is 1.96 bits per heavy atom. The molecule has 12 atom stereocenters. The normalized spacial score (nSPS) is 43.0. The van der Waals surface area contributed by atoms with Crippen molar-refractivity contribution in [1.29, 1.82) is 0 Å². The van der Waals surface area contributed by atoms with Crippen LogP contribution in [0.4, 0.5) is 0 Å². The number of epoxide rings is 1. The number of rotatable bonds is 9. The number of aliphatic hydroxyl groups is 2. The summed E-state index contributed by atoms with van der Waals surface area (Å²) in [5, 5.41) is 20.8. The zero-order chi connectivity index (χ0) is 34.6. The summed E-state index contributed by atoms with van der Waals surface area (Å²) in [6.45, 7) is 9.33. The molecule has 5 heterocycles. The number of hydrogen-bond donors (Lipinski definition) is 2. The number of ether oxygens (including phenoxy) is 7. The molecule has 6 unspecified atom stereocenters. The van der Waals surface area contributed by atoms with E-state index in [0.29, 0.717) is 23.6 Å². The average Bonchev–Trinajstić information content (AvgIpc) is 3.32. The fourth-order valence-electron chi connectivity index (χ4n) is 7.95. The number of fused-ring (bicyclic) bond motifs is 5. The maximum Gasteiger partial charge on any atom is 0.331 e. The molecule has 13 nitrogen and oxygen atoms in total. The molecule has 0 radical (unpaired) electrons. The van der Waals surface area contributed by atoms with Crippen molar-refractivity contribution in [1.82, 2.24) is 9.55 Å². The first-order chi connectivity index (χ1) is 22.7. The Kier molecular flexibility index (Phi) is 9.53. The lowest BCUT2D eigenvalue weighted by Crippen LogP contribution is -2.55. The summed E-state index contributed by atoms with van der Waals surface area (Å²) in [7, 11) is 3.39. The van der Waals surface area contributed by atoms with Gasteiger partial charge in [0.05, 0.1) is 36.9 Å². The lowest BCUT2D eigenvalue weighted by molar-refractivity contribution is -0.277. The van der Waals surface area contributed by atoms with E-state index >= 15 is 0 Å². The van der Waals surface area contributed by atoms with Crippen molar-refractivity contribution >= 4 is 18.0 Å². The zero-order valence-electron chi connectivity index (χ0n) is 28.6. The van der Waals surface area contributed by atoms with Crippen LogP contribution in [0.3, 0.4) is 0 Å². The molecule has 1 aromatic rings. The van der Waals surface area contributed by atoms with Crippen molar-refractivity contribution in [2.24, 2.45) is 30.7 Å². The first kappa shape index (κ1) is 34.9. The van der Waals surface area contributed by atoms with Gasteiger partial charge in [-0.2, -0.15) is 0 Å². The van der Waals surface area contributed by atoms with Crippen molar-refractivity contribution in [3.63, 3.8) is 0 Å². The Morgan fingerprint density at radius 1 is 1.19 bits per heavy atom. The van der Waals surface area contributed by atoms with E-state index in [1.165, 1.54) is 20.1 Å². The molecule has 0 amide bonds. The van der Waals surface area contributed by atoms with Gasteiger partial charge in [-0.25, -0.2) is 9.78 Å². The molecule has 264 valence electrons. The minimum atomic E-state index is -1.40. The summed E-state index contributed by atoms with van der Waals surface area (Å²) >= 11 is 0. The van der Waals surface area contributed by atoms with Gasteiger partial charge < -0.3 is 47.9 Å². The van der Waals surface area contributed by atoms with Crippen molar-refractivity contribution in [3.8, 4) is 0 Å². The second-order valence-electron chi connectivity index (χ2n) is 14.4. The van der Waals surface area contributed by atoms with E-state index in [-0.39, 0.29) is 37.1 Å². The molecule has 0 spiro atoms. The predicted molar refractivity (Wildman–Crippen MR) is 170 cm³/mol. The number of carbonyl (C=O) groups is 2. The summed E-state index contributed by atoms with van der Waals surface area (Å²) in [4.78, 5) is 29.5. The molecule has 6 rings (SSSR count). The van der Waals surface area contributed by atoms with Crippen LogP contribution in [0.15, 0.2) is 42.4 Å². The quantitative estimate of drug-likeness (QED) is 0.171. The number of aromatic nitrogens is 2. The van der Waals surface area contributed by atoms with Gasteiger partial charge >= 0.3 is 11.9 Å². The first-order valence-corrected chi connectivity index (χ1v) is 16.7. The average molecular weight is 673 g/mol. The number of carbonyl (C=O) groups excluding carboxylic acids is 2. The maximum atomic E-state index is 13.3. The molecule has 1 aromatic heterocycles. The summed E-state index contributed by atoms with van der Waals surface area (Å²) < 4.78 is 44.6. The third-order valence-corrected chi connectivity index (χ3v) is 10.8. The van der Waals surface area contributed by atoms with E-state index in [2.05, 4.69) is 31.8 Å². The summed E-state index contributed by atoms with van der Waals surface area (Å²) in [5.74, 6) is -2.11. The Morgan fingerprint density at radius 3 is 2.62 bits per heavy atom. The largest absolute Gasteiger partial charge is 0.456 e. The first-order valence-electron chi connectivity index (χ1n) is 16.7. The van der Waals surface area contributed by atoms with Gasteiger partial charge in [0.25, 0.3) is 0 Å². The van der Waals surface area contributed by atoms with E-state index in [4.69, 9.17) is 33.2 Å². The smallest absolute Gasteiger partial charge is 0.331 e. The van der Waals surface area contributed by atoms with Crippen LogP contribution in [0.5, 0.6) is 0 Å². The van der Waals surface area contributed by atoms with Crippen molar-refractivity contribution in [3.05, 3.63) is 48.1 Å². The molecule has 3 fully saturated rings. The van der Waals surface area contributed by atoms with Gasteiger partial charge in [-0.05, 0) is 62.7 Å².